The molecule has 20 heavy (non-hydrogen) atoms. The first kappa shape index (κ1) is 15.1. The monoisotopic (exact) mass is 291 g/mol. The lowest BCUT2D eigenvalue weighted by Gasteiger charge is -2.10. The van der Waals surface area contributed by atoms with Crippen LogP contribution in [0.1, 0.15) is 30.7 Å². The molecule has 0 saturated heterocycles. The van der Waals surface area contributed by atoms with Crippen LogP contribution in [0.2, 0.25) is 5.02 Å². The van der Waals surface area contributed by atoms with Gasteiger partial charge >= 0.3 is 0 Å². The molecule has 4 heteroatoms. The summed E-state index contributed by atoms with van der Waals surface area (Å²) in [5, 5.41) is 8.48. The molecular weight excluding hydrogens is 270 g/mol. The molecule has 1 N–H and O–H groups in total. The second-order valence-electron chi connectivity index (χ2n) is 5.58. The minimum Gasteiger partial charge on any atom is -0.312 e. The van der Waals surface area contributed by atoms with Crippen LogP contribution in [-0.2, 0) is 13.1 Å². The number of hydrogen-bond acceptors (Lipinski definition) is 2. The van der Waals surface area contributed by atoms with E-state index in [0.29, 0.717) is 5.92 Å². The molecule has 2 aromatic rings. The highest BCUT2D eigenvalue weighted by atomic mass is 35.5. The molecule has 0 unspecified atom stereocenters. The van der Waals surface area contributed by atoms with Crippen LogP contribution in [0.25, 0.3) is 0 Å². The molecule has 3 nitrogen and oxygen atoms in total. The van der Waals surface area contributed by atoms with Gasteiger partial charge in [0.2, 0.25) is 0 Å². The standard InChI is InChI=1S/C16H22ClN3/c1-12(2)8-18-9-14-5-4-6-15(7-14)11-20-13(3)16(17)10-19-20/h4-7,10,12,18H,8-9,11H2,1-3H3. The summed E-state index contributed by atoms with van der Waals surface area (Å²) >= 11 is 6.03. The molecule has 0 radical (unpaired) electrons. The van der Waals surface area contributed by atoms with Crippen molar-refractivity contribution in [3.63, 3.8) is 0 Å². The van der Waals surface area contributed by atoms with Gasteiger partial charge in [-0.3, -0.25) is 4.68 Å². The van der Waals surface area contributed by atoms with Gasteiger partial charge in [-0.05, 0) is 30.5 Å². The lowest BCUT2D eigenvalue weighted by atomic mass is 10.1. The lowest BCUT2D eigenvalue weighted by molar-refractivity contribution is 0.552. The summed E-state index contributed by atoms with van der Waals surface area (Å²) in [6.45, 7) is 9.13. The molecule has 108 valence electrons. The zero-order valence-electron chi connectivity index (χ0n) is 12.4. The van der Waals surface area contributed by atoms with Gasteiger partial charge in [-0.2, -0.15) is 5.10 Å². The quantitative estimate of drug-likeness (QED) is 0.880. The van der Waals surface area contributed by atoms with Gasteiger partial charge in [0, 0.05) is 6.54 Å². The van der Waals surface area contributed by atoms with Gasteiger partial charge in [0.1, 0.15) is 0 Å². The van der Waals surface area contributed by atoms with Crippen LogP contribution in [-0.4, -0.2) is 16.3 Å². The molecule has 0 spiro atoms. The van der Waals surface area contributed by atoms with Crippen LogP contribution >= 0.6 is 11.6 Å². The van der Waals surface area contributed by atoms with Gasteiger partial charge in [0.05, 0.1) is 23.5 Å². The summed E-state index contributed by atoms with van der Waals surface area (Å²) in [5.74, 6) is 0.673. The Morgan fingerprint density at radius 1 is 1.30 bits per heavy atom. The molecule has 0 saturated carbocycles. The Kier molecular flexibility index (Phi) is 5.21. The highest BCUT2D eigenvalue weighted by Gasteiger charge is 2.05. The molecule has 0 aliphatic carbocycles. The van der Waals surface area contributed by atoms with Gasteiger partial charge in [0.15, 0.2) is 0 Å². The van der Waals surface area contributed by atoms with Crippen molar-refractivity contribution in [1.82, 2.24) is 15.1 Å². The van der Waals surface area contributed by atoms with Gasteiger partial charge < -0.3 is 5.32 Å². The van der Waals surface area contributed by atoms with E-state index in [2.05, 4.69) is 48.5 Å². The zero-order valence-corrected chi connectivity index (χ0v) is 13.1. The third kappa shape index (κ3) is 4.09. The largest absolute Gasteiger partial charge is 0.312 e. The predicted octanol–water partition coefficient (Wildman–Crippen LogP) is 3.64. The molecule has 0 bridgehead atoms. The first-order chi connectivity index (χ1) is 9.56. The number of halogens is 1. The first-order valence-corrected chi connectivity index (χ1v) is 7.40. The molecular formula is C16H22ClN3. The molecule has 0 aliphatic rings. The Morgan fingerprint density at radius 3 is 2.70 bits per heavy atom. The minimum atomic E-state index is 0.673. The number of hydrogen-bond donors (Lipinski definition) is 1. The molecule has 1 heterocycles. The summed E-state index contributed by atoms with van der Waals surface area (Å²) < 4.78 is 1.93. The second kappa shape index (κ2) is 6.91. The second-order valence-corrected chi connectivity index (χ2v) is 5.99. The average molecular weight is 292 g/mol. The Labute approximate surface area is 126 Å². The van der Waals surface area contributed by atoms with E-state index in [4.69, 9.17) is 11.6 Å². The Balaban J connectivity index is 2.00. The highest BCUT2D eigenvalue weighted by molar-refractivity contribution is 6.31. The zero-order chi connectivity index (χ0) is 14.5. The van der Waals surface area contributed by atoms with E-state index in [1.165, 1.54) is 11.1 Å². The van der Waals surface area contributed by atoms with Crippen molar-refractivity contribution in [3.8, 4) is 0 Å². The van der Waals surface area contributed by atoms with E-state index < -0.39 is 0 Å². The third-order valence-electron chi connectivity index (χ3n) is 3.25. The molecule has 0 atom stereocenters. The molecule has 0 aliphatic heterocycles. The van der Waals surface area contributed by atoms with Crippen LogP contribution in [0.3, 0.4) is 0 Å². The number of nitrogens with one attached hydrogen (secondary N) is 1. The molecule has 0 fully saturated rings. The molecule has 0 amide bonds. The van der Waals surface area contributed by atoms with Crippen molar-refractivity contribution in [2.75, 3.05) is 6.54 Å². The summed E-state index contributed by atoms with van der Waals surface area (Å²) in [4.78, 5) is 0. The van der Waals surface area contributed by atoms with E-state index in [0.717, 1.165) is 30.4 Å². The topological polar surface area (TPSA) is 29.9 Å². The van der Waals surface area contributed by atoms with Gasteiger partial charge in [-0.1, -0.05) is 49.7 Å². The first-order valence-electron chi connectivity index (χ1n) is 7.02. The van der Waals surface area contributed by atoms with Crippen molar-refractivity contribution in [2.24, 2.45) is 5.92 Å². The van der Waals surface area contributed by atoms with Crippen LogP contribution in [0.15, 0.2) is 30.5 Å². The van der Waals surface area contributed by atoms with Crippen LogP contribution in [0, 0.1) is 12.8 Å². The average Bonchev–Trinajstić information content (AvgIpc) is 2.71. The lowest BCUT2D eigenvalue weighted by Crippen LogP contribution is -2.19. The van der Waals surface area contributed by atoms with Crippen molar-refractivity contribution >= 4 is 11.6 Å². The Morgan fingerprint density at radius 2 is 2.05 bits per heavy atom. The van der Waals surface area contributed by atoms with Gasteiger partial charge in [0.25, 0.3) is 0 Å². The maximum atomic E-state index is 6.03. The number of benzene rings is 1. The Bertz CT molecular complexity index is 561. The summed E-state index contributed by atoms with van der Waals surface area (Å²) in [6.07, 6.45) is 1.70. The maximum Gasteiger partial charge on any atom is 0.0815 e. The Hall–Kier alpha value is -1.32. The number of aromatic nitrogens is 2. The van der Waals surface area contributed by atoms with E-state index in [9.17, 15) is 0 Å². The van der Waals surface area contributed by atoms with E-state index in [-0.39, 0.29) is 0 Å². The number of rotatable bonds is 6. The van der Waals surface area contributed by atoms with Crippen molar-refractivity contribution in [3.05, 3.63) is 52.3 Å². The predicted molar refractivity (Wildman–Crippen MR) is 84.1 cm³/mol. The maximum absolute atomic E-state index is 6.03. The van der Waals surface area contributed by atoms with E-state index >= 15 is 0 Å². The van der Waals surface area contributed by atoms with Crippen molar-refractivity contribution in [1.29, 1.82) is 0 Å². The van der Waals surface area contributed by atoms with E-state index in [1.807, 2.05) is 11.6 Å². The van der Waals surface area contributed by atoms with Gasteiger partial charge in [-0.25, -0.2) is 0 Å². The SMILES string of the molecule is Cc1c(Cl)cnn1Cc1cccc(CNCC(C)C)c1. The van der Waals surface area contributed by atoms with Crippen molar-refractivity contribution < 1.29 is 0 Å². The summed E-state index contributed by atoms with van der Waals surface area (Å²) in [7, 11) is 0. The smallest absolute Gasteiger partial charge is 0.0815 e. The van der Waals surface area contributed by atoms with Crippen LogP contribution in [0.5, 0.6) is 0 Å². The number of nitrogens with zero attached hydrogens (tertiary/aromatic N) is 2. The van der Waals surface area contributed by atoms with E-state index in [1.54, 1.807) is 6.20 Å². The van der Waals surface area contributed by atoms with Crippen LogP contribution in [0.4, 0.5) is 0 Å². The molecule has 1 aromatic heterocycles. The fraction of sp³-hybridized carbons (Fsp3) is 0.438. The molecule has 1 aromatic carbocycles. The normalized spacial score (nSPS) is 11.2. The minimum absolute atomic E-state index is 0.673. The third-order valence-corrected chi connectivity index (χ3v) is 3.62. The fourth-order valence-corrected chi connectivity index (χ4v) is 2.24. The highest BCUT2D eigenvalue weighted by Crippen LogP contribution is 2.15. The molecule has 2 rings (SSSR count). The van der Waals surface area contributed by atoms with Crippen LogP contribution < -0.4 is 5.32 Å². The summed E-state index contributed by atoms with van der Waals surface area (Å²) in [6, 6.07) is 8.60. The summed E-state index contributed by atoms with van der Waals surface area (Å²) in [5.41, 5.74) is 3.56. The van der Waals surface area contributed by atoms with Gasteiger partial charge in [-0.15, -0.1) is 0 Å². The fourth-order valence-electron chi connectivity index (χ4n) is 2.10. The van der Waals surface area contributed by atoms with Crippen molar-refractivity contribution in [2.45, 2.75) is 33.9 Å².